The fraction of sp³-hybridized carbons (Fsp3) is 0.316. The minimum absolute atomic E-state index is 0.0765. The number of ketones is 1. The van der Waals surface area contributed by atoms with Crippen LogP contribution in [0.2, 0.25) is 0 Å². The molecule has 1 aliphatic carbocycles. The molecule has 3 rings (SSSR count). The molecule has 2 aromatic rings. The van der Waals surface area contributed by atoms with Gasteiger partial charge in [-0.25, -0.2) is 4.98 Å². The second-order valence-electron chi connectivity index (χ2n) is 7.19. The maximum absolute atomic E-state index is 13.4. The Hall–Kier alpha value is -2.49. The smallest absolute Gasteiger partial charge is 0.325 e. The molecule has 0 radical (unpaired) electrons. The average Bonchev–Trinajstić information content (AvgIpc) is 2.60. The molecule has 10 heteroatoms. The third-order valence-corrected chi connectivity index (χ3v) is 6.19. The van der Waals surface area contributed by atoms with E-state index in [0.29, 0.717) is 12.3 Å². The van der Waals surface area contributed by atoms with Crippen LogP contribution >= 0.6 is 10.2 Å². The van der Waals surface area contributed by atoms with E-state index in [1.165, 1.54) is 0 Å². The number of esters is 1. The number of rotatable bonds is 3. The van der Waals surface area contributed by atoms with Crippen molar-refractivity contribution < 1.29 is 33.8 Å². The topological polar surface area (TPSA) is 56.3 Å². The van der Waals surface area contributed by atoms with Gasteiger partial charge in [-0.1, -0.05) is 37.1 Å². The van der Waals surface area contributed by atoms with Crippen LogP contribution < -0.4 is 0 Å². The number of Topliss-reactive ketones (excluding diaryl/α,β-unsaturated/α-hetero) is 1. The van der Waals surface area contributed by atoms with E-state index in [1.54, 1.807) is 13.0 Å². The number of ether oxygens (including phenoxy) is 1. The first-order chi connectivity index (χ1) is 13.1. The SMILES string of the molecule is COC(=O)C1(c2ccc(S(F)(F)(F)(F)F)nc2)CCc2c(C)cc(C)cc2C1=O. The molecule has 0 saturated heterocycles. The molecular formula is C19H18F5NO3S. The van der Waals surface area contributed by atoms with Crippen LogP contribution in [0.4, 0.5) is 19.4 Å². The van der Waals surface area contributed by atoms with Gasteiger partial charge in [-0.3, -0.25) is 9.59 Å². The van der Waals surface area contributed by atoms with Gasteiger partial charge in [0.1, 0.15) is 0 Å². The molecule has 1 atom stereocenters. The number of hydrogen-bond acceptors (Lipinski definition) is 4. The van der Waals surface area contributed by atoms with E-state index in [-0.39, 0.29) is 30.0 Å². The Labute approximate surface area is 163 Å². The van der Waals surface area contributed by atoms with Crippen molar-refractivity contribution in [3.8, 4) is 0 Å². The number of aromatic nitrogens is 1. The molecular weight excluding hydrogens is 417 g/mol. The molecule has 1 aromatic heterocycles. The van der Waals surface area contributed by atoms with Crippen molar-refractivity contribution in [1.82, 2.24) is 4.98 Å². The summed E-state index contributed by atoms with van der Waals surface area (Å²) >= 11 is 0. The van der Waals surface area contributed by atoms with Gasteiger partial charge >= 0.3 is 16.2 Å². The van der Waals surface area contributed by atoms with Crippen molar-refractivity contribution >= 4 is 22.0 Å². The summed E-state index contributed by atoms with van der Waals surface area (Å²) < 4.78 is 69.7. The van der Waals surface area contributed by atoms with Crippen LogP contribution in [0.25, 0.3) is 0 Å². The van der Waals surface area contributed by atoms with Crippen molar-refractivity contribution in [1.29, 1.82) is 0 Å². The molecule has 0 bridgehead atoms. The molecule has 0 saturated carbocycles. The highest BCUT2D eigenvalue weighted by atomic mass is 32.5. The maximum atomic E-state index is 13.4. The van der Waals surface area contributed by atoms with Gasteiger partial charge in [-0.05, 0) is 55.5 Å². The average molecular weight is 435 g/mol. The molecule has 0 aliphatic heterocycles. The predicted octanol–water partition coefficient (Wildman–Crippen LogP) is 5.60. The number of nitrogens with zero attached hydrogens (tertiary/aromatic N) is 1. The summed E-state index contributed by atoms with van der Waals surface area (Å²) in [6.07, 6.45) is 0.716. The number of halogens is 5. The third kappa shape index (κ3) is 3.50. The lowest BCUT2D eigenvalue weighted by Crippen LogP contribution is -2.48. The van der Waals surface area contributed by atoms with Crippen LogP contribution in [-0.2, 0) is 21.4 Å². The quantitative estimate of drug-likeness (QED) is 0.358. The van der Waals surface area contributed by atoms with Gasteiger partial charge in [0.05, 0.1) is 7.11 Å². The minimum atomic E-state index is -9.98. The molecule has 1 heterocycles. The van der Waals surface area contributed by atoms with E-state index in [0.717, 1.165) is 23.8 Å². The van der Waals surface area contributed by atoms with Crippen molar-refractivity contribution in [3.05, 3.63) is 58.3 Å². The van der Waals surface area contributed by atoms with Crippen LogP contribution in [0.3, 0.4) is 0 Å². The van der Waals surface area contributed by atoms with E-state index in [9.17, 15) is 29.0 Å². The number of carbonyl (C=O) groups is 2. The predicted molar refractivity (Wildman–Crippen MR) is 97.9 cm³/mol. The zero-order valence-electron chi connectivity index (χ0n) is 15.8. The fourth-order valence-electron chi connectivity index (χ4n) is 3.81. The number of fused-ring (bicyclic) bond motifs is 1. The van der Waals surface area contributed by atoms with Gasteiger partial charge in [0.25, 0.3) is 0 Å². The first-order valence-electron chi connectivity index (χ1n) is 8.54. The van der Waals surface area contributed by atoms with Crippen LogP contribution in [0.5, 0.6) is 0 Å². The Morgan fingerprint density at radius 3 is 2.31 bits per heavy atom. The van der Waals surface area contributed by atoms with Crippen molar-refractivity contribution in [3.63, 3.8) is 0 Å². The van der Waals surface area contributed by atoms with Crippen LogP contribution in [0, 0.1) is 13.8 Å². The molecule has 0 N–H and O–H groups in total. The van der Waals surface area contributed by atoms with Gasteiger partial charge in [-0.15, -0.1) is 0 Å². The zero-order chi connectivity index (χ0) is 21.9. The van der Waals surface area contributed by atoms with Crippen molar-refractivity contribution in [2.45, 2.75) is 37.1 Å². The number of benzene rings is 1. The molecule has 0 spiro atoms. The van der Waals surface area contributed by atoms with Gasteiger partial charge in [0.2, 0.25) is 0 Å². The first kappa shape index (κ1) is 21.2. The number of aryl methyl sites for hydroxylation is 2. The summed E-state index contributed by atoms with van der Waals surface area (Å²) in [6, 6.07) is 4.27. The first-order valence-corrected chi connectivity index (χ1v) is 10.5. The Bertz CT molecular complexity index is 1040. The summed E-state index contributed by atoms with van der Waals surface area (Å²) in [4.78, 5) is 28.9. The van der Waals surface area contributed by atoms with E-state index < -0.39 is 32.4 Å². The minimum Gasteiger partial charge on any atom is -0.468 e. The lowest BCUT2D eigenvalue weighted by atomic mass is 9.66. The summed E-state index contributed by atoms with van der Waals surface area (Å²) in [5.41, 5.74) is 0.439. The van der Waals surface area contributed by atoms with E-state index >= 15 is 0 Å². The molecule has 0 fully saturated rings. The highest BCUT2D eigenvalue weighted by molar-refractivity contribution is 8.45. The van der Waals surface area contributed by atoms with E-state index in [2.05, 4.69) is 4.98 Å². The molecule has 1 aliphatic rings. The molecule has 158 valence electrons. The van der Waals surface area contributed by atoms with Gasteiger partial charge in [0.15, 0.2) is 16.2 Å². The zero-order valence-corrected chi connectivity index (χ0v) is 16.6. The van der Waals surface area contributed by atoms with E-state index in [4.69, 9.17) is 4.74 Å². The fourth-order valence-corrected chi connectivity index (χ4v) is 4.39. The summed E-state index contributed by atoms with van der Waals surface area (Å²) in [5, 5.41) is -2.33. The summed E-state index contributed by atoms with van der Waals surface area (Å²) in [5.74, 6) is -1.63. The van der Waals surface area contributed by atoms with Gasteiger partial charge in [0, 0.05) is 11.8 Å². The largest absolute Gasteiger partial charge is 0.468 e. The molecule has 29 heavy (non-hydrogen) atoms. The molecule has 1 aromatic carbocycles. The molecule has 4 nitrogen and oxygen atoms in total. The van der Waals surface area contributed by atoms with Gasteiger partial charge in [-0.2, -0.15) is 0 Å². The molecule has 0 amide bonds. The Balaban J connectivity index is 2.20. The lowest BCUT2D eigenvalue weighted by molar-refractivity contribution is -0.145. The van der Waals surface area contributed by atoms with E-state index in [1.807, 2.05) is 13.0 Å². The third-order valence-electron chi connectivity index (χ3n) is 5.16. The normalized spacial score (nSPS) is 21.7. The van der Waals surface area contributed by atoms with Crippen molar-refractivity contribution in [2.75, 3.05) is 7.11 Å². The Morgan fingerprint density at radius 1 is 1.14 bits per heavy atom. The highest BCUT2D eigenvalue weighted by Crippen LogP contribution is 3.01. The number of pyridine rings is 1. The highest BCUT2D eigenvalue weighted by Gasteiger charge is 2.67. The monoisotopic (exact) mass is 435 g/mol. The van der Waals surface area contributed by atoms with Crippen LogP contribution in [-0.4, -0.2) is 23.8 Å². The number of methoxy groups -OCH3 is 1. The van der Waals surface area contributed by atoms with Crippen LogP contribution in [0.15, 0.2) is 35.5 Å². The second-order valence-corrected chi connectivity index (χ2v) is 9.54. The summed E-state index contributed by atoms with van der Waals surface area (Å²) in [6.45, 7) is 3.58. The maximum Gasteiger partial charge on any atom is 0.325 e. The standard InChI is InChI=1S/C19H18F5NO3S/c1-11-8-12(2)14-6-7-19(18(27)28-3,17(26)15(14)9-11)13-4-5-16(25-10-13)29(20,21,22,23)24/h4-5,8-10H,6-7H2,1-3H3. The lowest BCUT2D eigenvalue weighted by Gasteiger charge is -2.40. The second kappa shape index (κ2) is 5.78. The Morgan fingerprint density at radius 2 is 1.79 bits per heavy atom. The van der Waals surface area contributed by atoms with Gasteiger partial charge < -0.3 is 4.74 Å². The Kier molecular flexibility index (Phi) is 4.23. The number of carbonyl (C=O) groups excluding carboxylic acids is 2. The van der Waals surface area contributed by atoms with Crippen LogP contribution in [0.1, 0.15) is 39.0 Å². The summed E-state index contributed by atoms with van der Waals surface area (Å²) in [7, 11) is -8.93. The van der Waals surface area contributed by atoms with Crippen molar-refractivity contribution in [2.24, 2.45) is 0 Å². The molecule has 1 unspecified atom stereocenters. The number of hydrogen-bond donors (Lipinski definition) is 0.